The van der Waals surface area contributed by atoms with Crippen LogP contribution in [0.4, 0.5) is 0 Å². The van der Waals surface area contributed by atoms with Crippen LogP contribution in [-0.4, -0.2) is 50.5 Å². The zero-order chi connectivity index (χ0) is 15.5. The number of nitrogens with zero attached hydrogens (tertiary/aromatic N) is 2. The van der Waals surface area contributed by atoms with Crippen LogP contribution in [0.2, 0.25) is 0 Å². The number of aryl methyl sites for hydroxylation is 1. The molecule has 20 heavy (non-hydrogen) atoms. The lowest BCUT2D eigenvalue weighted by Gasteiger charge is -2.06. The fourth-order valence-electron chi connectivity index (χ4n) is 1.10. The van der Waals surface area contributed by atoms with Gasteiger partial charge in [-0.2, -0.15) is 0 Å². The van der Waals surface area contributed by atoms with Gasteiger partial charge in [0.15, 0.2) is 5.16 Å². The predicted octanol–water partition coefficient (Wildman–Crippen LogP) is 0.913. The van der Waals surface area contributed by atoms with Gasteiger partial charge in [-0.3, -0.25) is 0 Å². The monoisotopic (exact) mass is 303 g/mol. The van der Waals surface area contributed by atoms with E-state index < -0.39 is 11.9 Å². The number of carboxylic acids is 2. The summed E-state index contributed by atoms with van der Waals surface area (Å²) < 4.78 is 2.05. The zero-order valence-corrected chi connectivity index (χ0v) is 12.7. The summed E-state index contributed by atoms with van der Waals surface area (Å²) in [6.45, 7) is 6.59. The van der Waals surface area contributed by atoms with Crippen LogP contribution in [0, 0.1) is 5.92 Å². The van der Waals surface area contributed by atoms with Crippen LogP contribution >= 0.6 is 11.8 Å². The lowest BCUT2D eigenvalue weighted by atomic mass is 10.2. The molecule has 0 aromatic carbocycles. The van der Waals surface area contributed by atoms with E-state index in [2.05, 4.69) is 24.1 Å². The van der Waals surface area contributed by atoms with E-state index in [1.54, 1.807) is 11.8 Å². The van der Waals surface area contributed by atoms with Crippen LogP contribution in [-0.2, 0) is 16.6 Å². The Bertz CT molecular complexity index is 409. The quantitative estimate of drug-likeness (QED) is 0.407. The maximum atomic E-state index is 9.10. The molecule has 0 saturated carbocycles. The van der Waals surface area contributed by atoms with Crippen molar-refractivity contribution in [1.82, 2.24) is 14.9 Å². The smallest absolute Gasteiger partial charge is 0.414 e. The molecule has 0 aliphatic rings. The van der Waals surface area contributed by atoms with Crippen molar-refractivity contribution in [3.8, 4) is 0 Å². The van der Waals surface area contributed by atoms with Crippen molar-refractivity contribution in [2.75, 3.05) is 18.8 Å². The Balaban J connectivity index is 0.000000511. The third-order valence-corrected chi connectivity index (χ3v) is 3.08. The van der Waals surface area contributed by atoms with Crippen LogP contribution < -0.4 is 5.32 Å². The van der Waals surface area contributed by atoms with Gasteiger partial charge in [-0.25, -0.2) is 14.6 Å². The highest BCUT2D eigenvalue weighted by molar-refractivity contribution is 7.99. The summed E-state index contributed by atoms with van der Waals surface area (Å²) in [7, 11) is 2.02. The van der Waals surface area contributed by atoms with Crippen molar-refractivity contribution in [2.24, 2.45) is 13.0 Å². The van der Waals surface area contributed by atoms with Crippen LogP contribution in [0.25, 0.3) is 0 Å². The standard InChI is InChI=1S/C10H19N3S.C2H2O4/c1-9(2)8-11-5-7-14-10-12-4-6-13(10)3;3-1(4)2(5)6/h4,6,9,11H,5,7-8H2,1-3H3;(H,3,4)(H,5,6). The molecular weight excluding hydrogens is 282 g/mol. The number of nitrogens with one attached hydrogen (secondary N) is 1. The first-order chi connectivity index (χ1) is 9.34. The van der Waals surface area contributed by atoms with E-state index >= 15 is 0 Å². The number of hydrogen-bond donors (Lipinski definition) is 3. The minimum absolute atomic E-state index is 0.730. The number of aromatic nitrogens is 2. The molecule has 1 heterocycles. The second-order valence-corrected chi connectivity index (χ2v) is 5.44. The van der Waals surface area contributed by atoms with E-state index in [1.165, 1.54) is 0 Å². The van der Waals surface area contributed by atoms with Gasteiger partial charge in [-0.15, -0.1) is 0 Å². The molecule has 0 aliphatic heterocycles. The molecule has 8 heteroatoms. The van der Waals surface area contributed by atoms with E-state index in [0.29, 0.717) is 0 Å². The zero-order valence-electron chi connectivity index (χ0n) is 11.9. The SMILES string of the molecule is CC(C)CNCCSc1nccn1C.O=C(O)C(=O)O. The van der Waals surface area contributed by atoms with Crippen molar-refractivity contribution in [3.05, 3.63) is 12.4 Å². The van der Waals surface area contributed by atoms with E-state index in [9.17, 15) is 0 Å². The Hall–Kier alpha value is -1.54. The number of carbonyl (C=O) groups is 2. The number of hydrogen-bond acceptors (Lipinski definition) is 5. The summed E-state index contributed by atoms with van der Waals surface area (Å²) in [5.41, 5.74) is 0. The van der Waals surface area contributed by atoms with Gasteiger partial charge in [0.25, 0.3) is 0 Å². The first-order valence-corrected chi connectivity index (χ1v) is 7.10. The molecule has 7 nitrogen and oxygen atoms in total. The van der Waals surface area contributed by atoms with Crippen molar-refractivity contribution in [2.45, 2.75) is 19.0 Å². The maximum absolute atomic E-state index is 9.10. The van der Waals surface area contributed by atoms with Gasteiger partial charge < -0.3 is 20.1 Å². The molecule has 0 aliphatic carbocycles. The second-order valence-electron chi connectivity index (χ2n) is 4.38. The molecule has 0 unspecified atom stereocenters. The normalized spacial score (nSPS) is 10.0. The summed E-state index contributed by atoms with van der Waals surface area (Å²) in [5, 5.41) is 19.3. The van der Waals surface area contributed by atoms with Crippen molar-refractivity contribution in [3.63, 3.8) is 0 Å². The Morgan fingerprint density at radius 2 is 2.00 bits per heavy atom. The maximum Gasteiger partial charge on any atom is 0.414 e. The minimum atomic E-state index is -1.82. The first kappa shape index (κ1) is 18.5. The fourth-order valence-corrected chi connectivity index (χ4v) is 1.93. The van der Waals surface area contributed by atoms with Gasteiger partial charge in [0.05, 0.1) is 0 Å². The highest BCUT2D eigenvalue weighted by Gasteiger charge is 2.04. The molecule has 0 bridgehead atoms. The molecule has 1 rings (SSSR count). The molecule has 1 aromatic heterocycles. The Labute approximate surface area is 122 Å². The molecule has 0 saturated heterocycles. The van der Waals surface area contributed by atoms with E-state index in [0.717, 1.165) is 29.9 Å². The minimum Gasteiger partial charge on any atom is -0.473 e. The third-order valence-electron chi connectivity index (χ3n) is 2.02. The van der Waals surface area contributed by atoms with Crippen LogP contribution in [0.5, 0.6) is 0 Å². The van der Waals surface area contributed by atoms with Crippen LogP contribution in [0.3, 0.4) is 0 Å². The van der Waals surface area contributed by atoms with Gasteiger partial charge >= 0.3 is 11.9 Å². The number of aliphatic carboxylic acids is 2. The molecular formula is C12H21N3O4S. The molecule has 3 N–H and O–H groups in total. The Morgan fingerprint density at radius 1 is 1.40 bits per heavy atom. The van der Waals surface area contributed by atoms with Crippen LogP contribution in [0.1, 0.15) is 13.8 Å². The van der Waals surface area contributed by atoms with Crippen molar-refractivity contribution >= 4 is 23.7 Å². The number of thioether (sulfide) groups is 1. The van der Waals surface area contributed by atoms with Gasteiger partial charge in [-0.1, -0.05) is 25.6 Å². The van der Waals surface area contributed by atoms with Crippen LogP contribution in [0.15, 0.2) is 17.6 Å². The van der Waals surface area contributed by atoms with Crippen molar-refractivity contribution < 1.29 is 19.8 Å². The average Bonchev–Trinajstić information content (AvgIpc) is 2.75. The predicted molar refractivity (Wildman–Crippen MR) is 76.9 cm³/mol. The summed E-state index contributed by atoms with van der Waals surface area (Å²) in [6, 6.07) is 0. The summed E-state index contributed by atoms with van der Waals surface area (Å²) in [4.78, 5) is 22.4. The van der Waals surface area contributed by atoms with Gasteiger partial charge in [-0.05, 0) is 12.5 Å². The number of rotatable bonds is 6. The highest BCUT2D eigenvalue weighted by atomic mass is 32.2. The van der Waals surface area contributed by atoms with Gasteiger partial charge in [0.2, 0.25) is 0 Å². The molecule has 0 amide bonds. The molecule has 0 spiro atoms. The van der Waals surface area contributed by atoms with Crippen molar-refractivity contribution in [1.29, 1.82) is 0 Å². The fraction of sp³-hybridized carbons (Fsp3) is 0.583. The van der Waals surface area contributed by atoms with Gasteiger partial charge in [0, 0.05) is 31.7 Å². The molecule has 0 radical (unpaired) electrons. The third kappa shape index (κ3) is 9.40. The molecule has 0 atom stereocenters. The Kier molecular flexibility index (Phi) is 9.48. The summed E-state index contributed by atoms with van der Waals surface area (Å²) >= 11 is 1.79. The van der Waals surface area contributed by atoms with Gasteiger partial charge in [0.1, 0.15) is 0 Å². The lowest BCUT2D eigenvalue weighted by Crippen LogP contribution is -2.22. The lowest BCUT2D eigenvalue weighted by molar-refractivity contribution is -0.159. The first-order valence-electron chi connectivity index (χ1n) is 6.11. The molecule has 0 fully saturated rings. The van der Waals surface area contributed by atoms with E-state index in [-0.39, 0.29) is 0 Å². The number of carboxylic acid groups (broad SMARTS) is 2. The summed E-state index contributed by atoms with van der Waals surface area (Å²) in [6.07, 6.45) is 3.81. The molecule has 1 aromatic rings. The Morgan fingerprint density at radius 3 is 2.40 bits per heavy atom. The number of imidazole rings is 1. The van der Waals surface area contributed by atoms with E-state index in [1.807, 2.05) is 24.0 Å². The topological polar surface area (TPSA) is 104 Å². The van der Waals surface area contributed by atoms with E-state index in [4.69, 9.17) is 19.8 Å². The molecule has 114 valence electrons. The average molecular weight is 303 g/mol. The second kappa shape index (κ2) is 10.3. The largest absolute Gasteiger partial charge is 0.473 e. The summed E-state index contributed by atoms with van der Waals surface area (Å²) in [5.74, 6) is -1.84. The highest BCUT2D eigenvalue weighted by Crippen LogP contribution is 2.12.